The van der Waals surface area contributed by atoms with Crippen molar-refractivity contribution < 1.29 is 14.7 Å². The van der Waals surface area contributed by atoms with Gasteiger partial charge in [0.2, 0.25) is 5.91 Å². The van der Waals surface area contributed by atoms with Crippen molar-refractivity contribution >= 4 is 23.8 Å². The summed E-state index contributed by atoms with van der Waals surface area (Å²) >= 11 is 0. The van der Waals surface area contributed by atoms with E-state index in [1.54, 1.807) is 17.0 Å². The third-order valence-corrected chi connectivity index (χ3v) is 6.84. The first-order valence-corrected chi connectivity index (χ1v) is 12.4. The van der Waals surface area contributed by atoms with Crippen LogP contribution in [0.4, 0.5) is 0 Å². The average molecular weight is 480 g/mol. The molecule has 1 N–H and O–H groups in total. The van der Waals surface area contributed by atoms with E-state index in [1.807, 2.05) is 38.1 Å². The maximum absolute atomic E-state index is 13.5. The van der Waals surface area contributed by atoms with Gasteiger partial charge in [-0.15, -0.1) is 0 Å². The average Bonchev–Trinajstić information content (AvgIpc) is 2.85. The van der Waals surface area contributed by atoms with Crippen LogP contribution in [-0.4, -0.2) is 34.8 Å². The van der Waals surface area contributed by atoms with E-state index in [2.05, 4.69) is 50.2 Å². The number of carbonyl (C=O) groups excluding carboxylic acids is 2. The highest BCUT2D eigenvalue weighted by atomic mass is 16.3. The third-order valence-electron chi connectivity index (χ3n) is 6.84. The van der Waals surface area contributed by atoms with Gasteiger partial charge in [-0.1, -0.05) is 54.1 Å². The van der Waals surface area contributed by atoms with Crippen molar-refractivity contribution in [3.8, 4) is 5.75 Å². The molecule has 36 heavy (non-hydrogen) atoms. The SMILES string of the molecule is Cc1ccc(CCC(=O)N2C/C(=C\c3ccc(C)c(C)c3)C(=O)/C(=C/c3ccc(O)c(C)c3)C2)cc1. The van der Waals surface area contributed by atoms with Gasteiger partial charge in [0, 0.05) is 30.7 Å². The van der Waals surface area contributed by atoms with Crippen LogP contribution in [0.2, 0.25) is 0 Å². The number of phenols is 1. The highest BCUT2D eigenvalue weighted by Gasteiger charge is 2.29. The molecule has 4 nitrogen and oxygen atoms in total. The molecule has 0 radical (unpaired) electrons. The van der Waals surface area contributed by atoms with Crippen molar-refractivity contribution in [2.24, 2.45) is 0 Å². The van der Waals surface area contributed by atoms with E-state index in [-0.39, 0.29) is 24.0 Å². The number of ketones is 1. The van der Waals surface area contributed by atoms with Crippen LogP contribution < -0.4 is 0 Å². The van der Waals surface area contributed by atoms with Crippen LogP contribution in [0, 0.1) is 27.7 Å². The Kier molecular flexibility index (Phi) is 7.54. The van der Waals surface area contributed by atoms with Gasteiger partial charge in [-0.2, -0.15) is 0 Å². The molecule has 0 unspecified atom stereocenters. The molecule has 184 valence electrons. The van der Waals surface area contributed by atoms with Crippen LogP contribution in [0.25, 0.3) is 12.2 Å². The van der Waals surface area contributed by atoms with E-state index in [9.17, 15) is 14.7 Å². The molecule has 0 aromatic heterocycles. The summed E-state index contributed by atoms with van der Waals surface area (Å²) in [6.45, 7) is 8.56. The highest BCUT2D eigenvalue weighted by molar-refractivity contribution is 6.15. The molecule has 3 aromatic rings. The number of nitrogens with zero attached hydrogens (tertiary/aromatic N) is 1. The molecule has 3 aromatic carbocycles. The molecule has 0 aliphatic carbocycles. The first-order chi connectivity index (χ1) is 17.2. The Labute approximate surface area is 213 Å². The van der Waals surface area contributed by atoms with Crippen molar-refractivity contribution in [2.75, 3.05) is 13.1 Å². The molecule has 0 bridgehead atoms. The van der Waals surface area contributed by atoms with Gasteiger partial charge >= 0.3 is 0 Å². The monoisotopic (exact) mass is 479 g/mol. The maximum atomic E-state index is 13.5. The standard InChI is InChI=1S/C32H33NO3/c1-21-5-8-25(9-6-21)12-14-31(35)33-19-28(17-26-10-7-22(2)23(3)15-26)32(36)29(20-33)18-27-11-13-30(34)24(4)16-27/h5-11,13,15-18,34H,12,14,19-20H2,1-4H3/b28-17+,29-18+. The molecule has 1 aliphatic heterocycles. The van der Waals surface area contributed by atoms with E-state index in [0.717, 1.165) is 27.8 Å². The van der Waals surface area contributed by atoms with Gasteiger partial charge in [0.05, 0.1) is 0 Å². The van der Waals surface area contributed by atoms with Crippen molar-refractivity contribution in [3.05, 3.63) is 111 Å². The summed E-state index contributed by atoms with van der Waals surface area (Å²) in [6.07, 6.45) is 4.79. The maximum Gasteiger partial charge on any atom is 0.223 e. The van der Waals surface area contributed by atoms with Gasteiger partial charge < -0.3 is 10.0 Å². The normalized spacial score (nSPS) is 16.1. The minimum Gasteiger partial charge on any atom is -0.508 e. The molecule has 4 heteroatoms. The molecular weight excluding hydrogens is 446 g/mol. The lowest BCUT2D eigenvalue weighted by Gasteiger charge is -2.30. The molecule has 0 saturated carbocycles. The van der Waals surface area contributed by atoms with Crippen molar-refractivity contribution in [1.29, 1.82) is 0 Å². The number of Topliss-reactive ketones (excluding diaryl/α,β-unsaturated/α-hetero) is 1. The van der Waals surface area contributed by atoms with Gasteiger partial charge in [0.15, 0.2) is 5.78 Å². The summed E-state index contributed by atoms with van der Waals surface area (Å²) in [4.78, 5) is 28.5. The molecule has 0 spiro atoms. The Morgan fingerprint density at radius 1 is 0.806 bits per heavy atom. The lowest BCUT2D eigenvalue weighted by molar-refractivity contribution is -0.131. The summed E-state index contributed by atoms with van der Waals surface area (Å²) in [6, 6.07) is 19.6. The van der Waals surface area contributed by atoms with Crippen LogP contribution in [0.1, 0.15) is 45.4 Å². The van der Waals surface area contributed by atoms with Gasteiger partial charge in [0.1, 0.15) is 5.75 Å². The number of amides is 1. The minimum absolute atomic E-state index is 0.0295. The number of aromatic hydroxyl groups is 1. The van der Waals surface area contributed by atoms with Crippen LogP contribution in [0.3, 0.4) is 0 Å². The van der Waals surface area contributed by atoms with Crippen LogP contribution in [0.5, 0.6) is 5.75 Å². The highest BCUT2D eigenvalue weighted by Crippen LogP contribution is 2.25. The second kappa shape index (κ2) is 10.8. The van der Waals surface area contributed by atoms with Crippen molar-refractivity contribution in [2.45, 2.75) is 40.5 Å². The Bertz CT molecular complexity index is 1290. The molecule has 4 rings (SSSR count). The Morgan fingerprint density at radius 3 is 1.97 bits per heavy atom. The summed E-state index contributed by atoms with van der Waals surface area (Å²) < 4.78 is 0. The molecular formula is C32H33NO3. The van der Waals surface area contributed by atoms with Crippen LogP contribution in [0.15, 0.2) is 71.8 Å². The summed E-state index contributed by atoms with van der Waals surface area (Å²) in [7, 11) is 0. The second-order valence-corrected chi connectivity index (χ2v) is 9.79. The smallest absolute Gasteiger partial charge is 0.223 e. The number of benzene rings is 3. The Hall–Kier alpha value is -3.92. The van der Waals surface area contributed by atoms with Crippen molar-refractivity contribution in [1.82, 2.24) is 4.90 Å². The quantitative estimate of drug-likeness (QED) is 0.448. The molecule has 1 amide bonds. The Balaban J connectivity index is 1.63. The zero-order chi connectivity index (χ0) is 25.8. The molecule has 1 saturated heterocycles. The van der Waals surface area contributed by atoms with Crippen LogP contribution in [-0.2, 0) is 16.0 Å². The van der Waals surface area contributed by atoms with Gasteiger partial charge in [-0.3, -0.25) is 9.59 Å². The third kappa shape index (κ3) is 6.01. The first kappa shape index (κ1) is 25.2. The lowest BCUT2D eigenvalue weighted by atomic mass is 9.93. The number of carbonyl (C=O) groups is 2. The van der Waals surface area contributed by atoms with Crippen molar-refractivity contribution in [3.63, 3.8) is 0 Å². The fourth-order valence-electron chi connectivity index (χ4n) is 4.41. The number of aryl methyl sites for hydroxylation is 5. The van der Waals surface area contributed by atoms with E-state index >= 15 is 0 Å². The van der Waals surface area contributed by atoms with Gasteiger partial charge in [-0.25, -0.2) is 0 Å². The zero-order valence-electron chi connectivity index (χ0n) is 21.5. The number of phenolic OH excluding ortho intramolecular Hbond substituents is 1. The molecule has 1 fully saturated rings. The predicted octanol–water partition coefficient (Wildman–Crippen LogP) is 6.14. The summed E-state index contributed by atoms with van der Waals surface area (Å²) in [5.74, 6) is 0.207. The molecule has 1 aliphatic rings. The first-order valence-electron chi connectivity index (χ1n) is 12.4. The van der Waals surface area contributed by atoms with E-state index in [4.69, 9.17) is 0 Å². The summed E-state index contributed by atoms with van der Waals surface area (Å²) in [5, 5.41) is 9.88. The number of hydrogen-bond acceptors (Lipinski definition) is 3. The second-order valence-electron chi connectivity index (χ2n) is 9.79. The largest absolute Gasteiger partial charge is 0.508 e. The Morgan fingerprint density at radius 2 is 1.39 bits per heavy atom. The van der Waals surface area contributed by atoms with E-state index in [1.165, 1.54) is 11.1 Å². The summed E-state index contributed by atoms with van der Waals surface area (Å²) in [5.41, 5.74) is 8.38. The predicted molar refractivity (Wildman–Crippen MR) is 146 cm³/mol. The van der Waals surface area contributed by atoms with Crippen LogP contribution >= 0.6 is 0 Å². The van der Waals surface area contributed by atoms with E-state index < -0.39 is 0 Å². The fourth-order valence-corrected chi connectivity index (χ4v) is 4.41. The number of hydrogen-bond donors (Lipinski definition) is 1. The number of piperidine rings is 1. The fraction of sp³-hybridized carbons (Fsp3) is 0.250. The van der Waals surface area contributed by atoms with Gasteiger partial charge in [0.25, 0.3) is 0 Å². The lowest BCUT2D eigenvalue weighted by Crippen LogP contribution is -2.41. The van der Waals surface area contributed by atoms with E-state index in [0.29, 0.717) is 30.5 Å². The minimum atomic E-state index is -0.0402. The number of likely N-dealkylation sites (tertiary alicyclic amines) is 1. The molecule has 1 heterocycles. The zero-order valence-corrected chi connectivity index (χ0v) is 21.5. The number of rotatable bonds is 5. The van der Waals surface area contributed by atoms with Gasteiger partial charge in [-0.05, 0) is 91.8 Å². The topological polar surface area (TPSA) is 57.6 Å². The molecule has 0 atom stereocenters.